The molecule has 1 aromatic rings. The van der Waals surface area contributed by atoms with E-state index in [1.807, 2.05) is 0 Å². The van der Waals surface area contributed by atoms with Gasteiger partial charge in [0.25, 0.3) is 0 Å². The molecule has 0 saturated carbocycles. The van der Waals surface area contributed by atoms with Crippen LogP contribution in [0.15, 0.2) is 22.7 Å². The number of hydrogen-bond acceptors (Lipinski definition) is 2. The average Bonchev–Trinajstić information content (AvgIpc) is 2.78. The number of ether oxygens (including phenoxy) is 1. The van der Waals surface area contributed by atoms with Gasteiger partial charge in [0, 0.05) is 28.7 Å². The minimum absolute atomic E-state index is 0.468. The van der Waals surface area contributed by atoms with E-state index >= 15 is 0 Å². The second-order valence-electron chi connectivity index (χ2n) is 4.47. The van der Waals surface area contributed by atoms with Crippen LogP contribution in [0.5, 0.6) is 0 Å². The molecular weight excluding hydrogens is 266 g/mol. The molecule has 0 aliphatic carbocycles. The van der Waals surface area contributed by atoms with Crippen LogP contribution in [0.4, 0.5) is 5.69 Å². The Balaban J connectivity index is 2.05. The summed E-state index contributed by atoms with van der Waals surface area (Å²) in [6.45, 7) is 6.17. The molecule has 1 aliphatic heterocycles. The van der Waals surface area contributed by atoms with Gasteiger partial charge in [-0.05, 0) is 38.0 Å². The number of benzene rings is 1. The standard InChI is InChI=1S/C13H18BrNO/c1-9-12(14)4-3-5-13(9)15-10(2)11-6-7-16-8-11/h3-5,10-11,15H,6-8H2,1-2H3. The van der Waals surface area contributed by atoms with Crippen LogP contribution < -0.4 is 5.32 Å². The van der Waals surface area contributed by atoms with Gasteiger partial charge in [0.15, 0.2) is 0 Å². The summed E-state index contributed by atoms with van der Waals surface area (Å²) in [5.41, 5.74) is 2.49. The van der Waals surface area contributed by atoms with E-state index in [-0.39, 0.29) is 0 Å². The molecule has 2 rings (SSSR count). The van der Waals surface area contributed by atoms with Crippen molar-refractivity contribution >= 4 is 21.6 Å². The molecular formula is C13H18BrNO. The molecule has 0 aromatic heterocycles. The van der Waals surface area contributed by atoms with Crippen molar-refractivity contribution in [3.8, 4) is 0 Å². The maximum Gasteiger partial charge on any atom is 0.0514 e. The summed E-state index contributed by atoms with van der Waals surface area (Å²) in [6, 6.07) is 6.74. The second-order valence-corrected chi connectivity index (χ2v) is 5.32. The van der Waals surface area contributed by atoms with E-state index in [0.29, 0.717) is 12.0 Å². The molecule has 1 heterocycles. The predicted octanol–water partition coefficient (Wildman–Crippen LogP) is 3.59. The summed E-state index contributed by atoms with van der Waals surface area (Å²) >= 11 is 3.55. The zero-order valence-electron chi connectivity index (χ0n) is 9.79. The zero-order chi connectivity index (χ0) is 11.5. The van der Waals surface area contributed by atoms with Gasteiger partial charge in [-0.15, -0.1) is 0 Å². The Bertz CT molecular complexity index is 361. The molecule has 88 valence electrons. The fourth-order valence-corrected chi connectivity index (χ4v) is 2.44. The molecule has 2 unspecified atom stereocenters. The predicted molar refractivity (Wildman–Crippen MR) is 70.9 cm³/mol. The molecule has 1 aliphatic rings. The first-order valence-corrected chi connectivity index (χ1v) is 6.57. The van der Waals surface area contributed by atoms with Crippen molar-refractivity contribution in [3.63, 3.8) is 0 Å². The van der Waals surface area contributed by atoms with Crippen LogP contribution in [0.25, 0.3) is 0 Å². The van der Waals surface area contributed by atoms with Crippen molar-refractivity contribution < 1.29 is 4.74 Å². The summed E-state index contributed by atoms with van der Waals surface area (Å²) < 4.78 is 6.58. The van der Waals surface area contributed by atoms with Crippen LogP contribution in [0.3, 0.4) is 0 Å². The third kappa shape index (κ3) is 2.58. The van der Waals surface area contributed by atoms with Crippen molar-refractivity contribution in [2.45, 2.75) is 26.3 Å². The van der Waals surface area contributed by atoms with Gasteiger partial charge in [-0.1, -0.05) is 22.0 Å². The van der Waals surface area contributed by atoms with Gasteiger partial charge in [0.1, 0.15) is 0 Å². The largest absolute Gasteiger partial charge is 0.382 e. The quantitative estimate of drug-likeness (QED) is 0.915. The van der Waals surface area contributed by atoms with Gasteiger partial charge in [0.05, 0.1) is 6.61 Å². The highest BCUT2D eigenvalue weighted by atomic mass is 79.9. The van der Waals surface area contributed by atoms with Crippen molar-refractivity contribution in [1.29, 1.82) is 0 Å². The molecule has 1 fully saturated rings. The maximum absolute atomic E-state index is 5.42. The number of anilines is 1. The fourth-order valence-electron chi connectivity index (χ4n) is 2.07. The molecule has 2 nitrogen and oxygen atoms in total. The van der Waals surface area contributed by atoms with Crippen LogP contribution in [0, 0.1) is 12.8 Å². The van der Waals surface area contributed by atoms with E-state index in [9.17, 15) is 0 Å². The van der Waals surface area contributed by atoms with Crippen LogP contribution >= 0.6 is 15.9 Å². The Morgan fingerprint density at radius 2 is 2.31 bits per heavy atom. The minimum Gasteiger partial charge on any atom is -0.382 e. The number of nitrogens with one attached hydrogen (secondary N) is 1. The van der Waals surface area contributed by atoms with Gasteiger partial charge < -0.3 is 10.1 Å². The Labute approximate surface area is 106 Å². The molecule has 0 spiro atoms. The highest BCUT2D eigenvalue weighted by molar-refractivity contribution is 9.10. The highest BCUT2D eigenvalue weighted by Crippen LogP contribution is 2.26. The van der Waals surface area contributed by atoms with Gasteiger partial charge in [-0.25, -0.2) is 0 Å². The first kappa shape index (κ1) is 11.9. The SMILES string of the molecule is Cc1c(Br)cccc1NC(C)C1CCOC1. The third-order valence-corrected chi connectivity index (χ3v) is 4.18. The van der Waals surface area contributed by atoms with E-state index in [0.717, 1.165) is 17.7 Å². The summed E-state index contributed by atoms with van der Waals surface area (Å²) in [4.78, 5) is 0. The van der Waals surface area contributed by atoms with E-state index in [1.165, 1.54) is 17.7 Å². The van der Waals surface area contributed by atoms with Gasteiger partial charge in [0.2, 0.25) is 0 Å². The Morgan fingerprint density at radius 3 is 3.00 bits per heavy atom. The topological polar surface area (TPSA) is 21.3 Å². The molecule has 3 heteroatoms. The van der Waals surface area contributed by atoms with E-state index in [1.54, 1.807) is 0 Å². The smallest absolute Gasteiger partial charge is 0.0514 e. The van der Waals surface area contributed by atoms with Crippen molar-refractivity contribution in [2.75, 3.05) is 18.5 Å². The Hall–Kier alpha value is -0.540. The van der Waals surface area contributed by atoms with Crippen LogP contribution in [0.2, 0.25) is 0 Å². The van der Waals surface area contributed by atoms with Crippen LogP contribution in [-0.4, -0.2) is 19.3 Å². The fraction of sp³-hybridized carbons (Fsp3) is 0.538. The molecule has 2 atom stereocenters. The second kappa shape index (κ2) is 5.19. The maximum atomic E-state index is 5.42. The number of rotatable bonds is 3. The monoisotopic (exact) mass is 283 g/mol. The van der Waals surface area contributed by atoms with Gasteiger partial charge in [-0.3, -0.25) is 0 Å². The molecule has 1 aromatic carbocycles. The lowest BCUT2D eigenvalue weighted by atomic mass is 10.00. The van der Waals surface area contributed by atoms with Gasteiger partial charge in [-0.2, -0.15) is 0 Å². The molecule has 1 N–H and O–H groups in total. The first-order valence-electron chi connectivity index (χ1n) is 5.78. The van der Waals surface area contributed by atoms with E-state index in [2.05, 4.69) is 53.3 Å². The summed E-state index contributed by atoms with van der Waals surface area (Å²) in [5, 5.41) is 3.58. The average molecular weight is 284 g/mol. The lowest BCUT2D eigenvalue weighted by molar-refractivity contribution is 0.183. The Kier molecular flexibility index (Phi) is 3.87. The molecule has 0 radical (unpaired) electrons. The highest BCUT2D eigenvalue weighted by Gasteiger charge is 2.22. The number of hydrogen-bond donors (Lipinski definition) is 1. The Morgan fingerprint density at radius 1 is 1.50 bits per heavy atom. The summed E-state index contributed by atoms with van der Waals surface area (Å²) in [5.74, 6) is 0.637. The minimum atomic E-state index is 0.468. The lowest BCUT2D eigenvalue weighted by Crippen LogP contribution is -2.26. The van der Waals surface area contributed by atoms with Gasteiger partial charge >= 0.3 is 0 Å². The van der Waals surface area contributed by atoms with Crippen molar-refractivity contribution in [1.82, 2.24) is 0 Å². The van der Waals surface area contributed by atoms with E-state index in [4.69, 9.17) is 4.74 Å². The first-order chi connectivity index (χ1) is 7.68. The van der Waals surface area contributed by atoms with Crippen molar-refractivity contribution in [2.24, 2.45) is 5.92 Å². The number of halogens is 1. The third-order valence-electron chi connectivity index (χ3n) is 3.32. The summed E-state index contributed by atoms with van der Waals surface area (Å²) in [6.07, 6.45) is 1.17. The van der Waals surface area contributed by atoms with Crippen LogP contribution in [-0.2, 0) is 4.74 Å². The van der Waals surface area contributed by atoms with E-state index < -0.39 is 0 Å². The zero-order valence-corrected chi connectivity index (χ0v) is 11.4. The van der Waals surface area contributed by atoms with Crippen molar-refractivity contribution in [3.05, 3.63) is 28.2 Å². The normalized spacial score (nSPS) is 22.1. The summed E-state index contributed by atoms with van der Waals surface area (Å²) in [7, 11) is 0. The van der Waals surface area contributed by atoms with Crippen LogP contribution in [0.1, 0.15) is 18.9 Å². The lowest BCUT2D eigenvalue weighted by Gasteiger charge is -2.22. The molecule has 1 saturated heterocycles. The molecule has 0 amide bonds. The molecule has 16 heavy (non-hydrogen) atoms. The molecule has 0 bridgehead atoms.